The number of carbonyl (C=O) groups excluding carboxylic acids is 2. The predicted molar refractivity (Wildman–Crippen MR) is 84.0 cm³/mol. The van der Waals surface area contributed by atoms with Gasteiger partial charge in [-0.2, -0.15) is 0 Å². The molecule has 22 heavy (non-hydrogen) atoms. The summed E-state index contributed by atoms with van der Waals surface area (Å²) in [7, 11) is 1.34. The normalized spacial score (nSPS) is 20.3. The van der Waals surface area contributed by atoms with Crippen molar-refractivity contribution in [2.45, 2.75) is 25.8 Å². The number of hydrogen-bond donors (Lipinski definition) is 3. The standard InChI is InChI=1S/C16H19N3O3/c1-9-3-4-13(9)19-16(21)18-10-7-12(15(20)22-2)11-5-6-17-14(11)8-10/h5-9,13,17H,3-4H2,1-2H3,(H2,18,19,21). The van der Waals surface area contributed by atoms with Gasteiger partial charge < -0.3 is 20.4 Å². The molecular formula is C16H19N3O3. The van der Waals surface area contributed by atoms with E-state index in [1.54, 1.807) is 18.3 Å². The lowest BCUT2D eigenvalue weighted by Crippen LogP contribution is -2.47. The Kier molecular flexibility index (Phi) is 3.75. The SMILES string of the molecule is COC(=O)c1cc(NC(=O)NC2CCC2C)cc2[nH]ccc12. The van der Waals surface area contributed by atoms with E-state index >= 15 is 0 Å². The minimum absolute atomic E-state index is 0.231. The maximum Gasteiger partial charge on any atom is 0.338 e. The number of hydrogen-bond acceptors (Lipinski definition) is 3. The summed E-state index contributed by atoms with van der Waals surface area (Å²) in [6.07, 6.45) is 3.90. The smallest absolute Gasteiger partial charge is 0.338 e. The van der Waals surface area contributed by atoms with Gasteiger partial charge in [-0.3, -0.25) is 0 Å². The summed E-state index contributed by atoms with van der Waals surface area (Å²) in [5, 5.41) is 6.50. The number of methoxy groups -OCH3 is 1. The van der Waals surface area contributed by atoms with Gasteiger partial charge in [0.05, 0.1) is 12.7 Å². The number of rotatable bonds is 3. The number of aromatic nitrogens is 1. The number of ether oxygens (including phenoxy) is 1. The first-order valence-corrected chi connectivity index (χ1v) is 7.35. The van der Waals surface area contributed by atoms with Crippen LogP contribution in [0.25, 0.3) is 10.9 Å². The second-order valence-electron chi connectivity index (χ2n) is 5.71. The fourth-order valence-corrected chi connectivity index (χ4v) is 2.73. The molecule has 2 atom stereocenters. The van der Waals surface area contributed by atoms with Crippen LogP contribution in [-0.2, 0) is 4.74 Å². The molecule has 1 fully saturated rings. The molecule has 1 aromatic heterocycles. The molecule has 6 heteroatoms. The molecular weight excluding hydrogens is 282 g/mol. The molecule has 1 heterocycles. The summed E-state index contributed by atoms with van der Waals surface area (Å²) >= 11 is 0. The number of nitrogens with one attached hydrogen (secondary N) is 3. The Labute approximate surface area is 128 Å². The van der Waals surface area contributed by atoms with E-state index < -0.39 is 5.97 Å². The number of aromatic amines is 1. The number of esters is 1. The number of carbonyl (C=O) groups is 2. The van der Waals surface area contributed by atoms with Crippen LogP contribution in [0, 0.1) is 5.92 Å². The average molecular weight is 301 g/mol. The zero-order chi connectivity index (χ0) is 15.7. The molecule has 1 aliphatic rings. The monoisotopic (exact) mass is 301 g/mol. The fraction of sp³-hybridized carbons (Fsp3) is 0.375. The van der Waals surface area contributed by atoms with E-state index in [2.05, 4.69) is 22.5 Å². The number of fused-ring (bicyclic) bond motifs is 1. The molecule has 116 valence electrons. The second-order valence-corrected chi connectivity index (χ2v) is 5.71. The molecule has 0 bridgehead atoms. The molecule has 0 spiro atoms. The van der Waals surface area contributed by atoms with Crippen molar-refractivity contribution in [1.29, 1.82) is 0 Å². The van der Waals surface area contributed by atoms with Crippen LogP contribution in [0.3, 0.4) is 0 Å². The van der Waals surface area contributed by atoms with Gasteiger partial charge in [-0.05, 0) is 37.0 Å². The summed E-state index contributed by atoms with van der Waals surface area (Å²) in [6.45, 7) is 2.12. The van der Waals surface area contributed by atoms with Crippen LogP contribution in [0.2, 0.25) is 0 Å². The second kappa shape index (κ2) is 5.71. The molecule has 0 radical (unpaired) electrons. The van der Waals surface area contributed by atoms with E-state index in [0.29, 0.717) is 17.2 Å². The van der Waals surface area contributed by atoms with E-state index in [9.17, 15) is 9.59 Å². The van der Waals surface area contributed by atoms with E-state index in [1.807, 2.05) is 6.07 Å². The summed E-state index contributed by atoms with van der Waals surface area (Å²) in [4.78, 5) is 27.0. The third-order valence-corrected chi connectivity index (χ3v) is 4.27. The predicted octanol–water partition coefficient (Wildman–Crippen LogP) is 2.87. The fourth-order valence-electron chi connectivity index (χ4n) is 2.73. The minimum Gasteiger partial charge on any atom is -0.465 e. The molecule has 2 unspecified atom stereocenters. The first kappa shape index (κ1) is 14.4. The lowest BCUT2D eigenvalue weighted by atomic mass is 9.81. The highest BCUT2D eigenvalue weighted by atomic mass is 16.5. The molecule has 2 amide bonds. The Morgan fingerprint density at radius 1 is 1.32 bits per heavy atom. The van der Waals surface area contributed by atoms with Gasteiger partial charge in [0.15, 0.2) is 0 Å². The number of benzene rings is 1. The van der Waals surface area contributed by atoms with Gasteiger partial charge in [0.2, 0.25) is 0 Å². The molecule has 3 rings (SSSR count). The first-order chi connectivity index (χ1) is 10.6. The number of amides is 2. The van der Waals surface area contributed by atoms with Crippen LogP contribution in [-0.4, -0.2) is 30.1 Å². The lowest BCUT2D eigenvalue weighted by molar-refractivity contribution is 0.0603. The summed E-state index contributed by atoms with van der Waals surface area (Å²) < 4.78 is 4.80. The largest absolute Gasteiger partial charge is 0.465 e. The van der Waals surface area contributed by atoms with Crippen LogP contribution >= 0.6 is 0 Å². The van der Waals surface area contributed by atoms with Gasteiger partial charge in [-0.1, -0.05) is 6.92 Å². The van der Waals surface area contributed by atoms with Gasteiger partial charge in [0.1, 0.15) is 0 Å². The van der Waals surface area contributed by atoms with Crippen LogP contribution in [0.15, 0.2) is 24.4 Å². The van der Waals surface area contributed by atoms with Crippen LogP contribution in [0.5, 0.6) is 0 Å². The molecule has 1 aliphatic carbocycles. The van der Waals surface area contributed by atoms with Crippen molar-refractivity contribution in [3.05, 3.63) is 30.0 Å². The van der Waals surface area contributed by atoms with Crippen molar-refractivity contribution in [1.82, 2.24) is 10.3 Å². The van der Waals surface area contributed by atoms with Crippen LogP contribution in [0.4, 0.5) is 10.5 Å². The number of anilines is 1. The van der Waals surface area contributed by atoms with Crippen molar-refractivity contribution >= 4 is 28.6 Å². The quantitative estimate of drug-likeness (QED) is 0.762. The third-order valence-electron chi connectivity index (χ3n) is 4.27. The van der Waals surface area contributed by atoms with Gasteiger partial charge in [-0.25, -0.2) is 9.59 Å². The molecule has 2 aromatic rings. The van der Waals surface area contributed by atoms with Crippen molar-refractivity contribution in [3.8, 4) is 0 Å². The number of urea groups is 1. The highest BCUT2D eigenvalue weighted by Crippen LogP contribution is 2.27. The topological polar surface area (TPSA) is 83.2 Å². The Morgan fingerprint density at radius 2 is 2.14 bits per heavy atom. The molecule has 3 N–H and O–H groups in total. The Morgan fingerprint density at radius 3 is 2.77 bits per heavy atom. The summed E-state index contributed by atoms with van der Waals surface area (Å²) in [6, 6.07) is 5.21. The zero-order valence-electron chi connectivity index (χ0n) is 12.6. The first-order valence-electron chi connectivity index (χ1n) is 7.35. The molecule has 0 aliphatic heterocycles. The Hall–Kier alpha value is -2.50. The molecule has 1 saturated carbocycles. The maximum absolute atomic E-state index is 12.0. The van der Waals surface area contributed by atoms with Crippen LogP contribution in [0.1, 0.15) is 30.1 Å². The summed E-state index contributed by atoms with van der Waals surface area (Å²) in [5.74, 6) is 0.0866. The third kappa shape index (κ3) is 2.64. The van der Waals surface area contributed by atoms with E-state index in [4.69, 9.17) is 4.74 Å². The minimum atomic E-state index is -0.429. The number of H-pyrrole nitrogens is 1. The van der Waals surface area contributed by atoms with Crippen molar-refractivity contribution in [3.63, 3.8) is 0 Å². The van der Waals surface area contributed by atoms with Gasteiger partial charge in [0, 0.05) is 28.8 Å². The lowest BCUT2D eigenvalue weighted by Gasteiger charge is -2.34. The molecule has 0 saturated heterocycles. The van der Waals surface area contributed by atoms with Gasteiger partial charge in [-0.15, -0.1) is 0 Å². The Bertz CT molecular complexity index is 722. The van der Waals surface area contributed by atoms with Crippen molar-refractivity contribution < 1.29 is 14.3 Å². The van der Waals surface area contributed by atoms with Crippen molar-refractivity contribution in [2.24, 2.45) is 5.92 Å². The van der Waals surface area contributed by atoms with Crippen LogP contribution < -0.4 is 10.6 Å². The van der Waals surface area contributed by atoms with E-state index in [0.717, 1.165) is 23.7 Å². The molecule has 1 aromatic carbocycles. The average Bonchev–Trinajstić information content (AvgIpc) is 2.98. The van der Waals surface area contributed by atoms with E-state index in [-0.39, 0.29) is 12.1 Å². The zero-order valence-corrected chi connectivity index (χ0v) is 12.6. The van der Waals surface area contributed by atoms with E-state index in [1.165, 1.54) is 7.11 Å². The van der Waals surface area contributed by atoms with Gasteiger partial charge >= 0.3 is 12.0 Å². The summed E-state index contributed by atoms with van der Waals surface area (Å²) in [5.41, 5.74) is 1.75. The molecule has 6 nitrogen and oxygen atoms in total. The van der Waals surface area contributed by atoms with Crippen molar-refractivity contribution in [2.75, 3.05) is 12.4 Å². The highest BCUT2D eigenvalue weighted by Gasteiger charge is 2.28. The highest BCUT2D eigenvalue weighted by molar-refractivity contribution is 6.06. The maximum atomic E-state index is 12.0. The van der Waals surface area contributed by atoms with Gasteiger partial charge in [0.25, 0.3) is 0 Å². The Balaban J connectivity index is 1.81.